The van der Waals surface area contributed by atoms with Crippen LogP contribution < -0.4 is 41.9 Å². The lowest BCUT2D eigenvalue weighted by atomic mass is 9.80. The third-order valence-corrected chi connectivity index (χ3v) is 26.6. The Labute approximate surface area is 759 Å². The Bertz CT molecular complexity index is 8090. The molecule has 14 aromatic rings. The molecule has 0 aliphatic heterocycles. The van der Waals surface area contributed by atoms with E-state index in [-0.39, 0.29) is 123 Å². The van der Waals surface area contributed by atoms with Gasteiger partial charge in [-0.1, -0.05) is 143 Å². The maximum absolute atomic E-state index is 15.3. The van der Waals surface area contributed by atoms with Crippen LogP contribution >= 0.6 is 0 Å². The van der Waals surface area contributed by atoms with E-state index in [9.17, 15) is 83.3 Å². The number of pyridine rings is 2. The number of ketones is 4. The fraction of sp³-hybridized carbons (Fsp3) is 0.146. The molecule has 4 aromatic heterocycles. The van der Waals surface area contributed by atoms with Crippen molar-refractivity contribution in [1.82, 2.24) is 39.0 Å². The molecule has 0 bridgehead atoms. The molecule has 0 saturated heterocycles. The lowest BCUT2D eigenvalue weighted by Gasteiger charge is -2.26. The average molecular weight is 1920 g/mol. The van der Waals surface area contributed by atoms with E-state index in [1.54, 1.807) is 48.5 Å². The smallest absolute Gasteiger partial charge is 0.327 e. The number of nitrogens with one attached hydrogen (secondary N) is 4. The van der Waals surface area contributed by atoms with E-state index in [0.29, 0.717) is 0 Å². The molecule has 16 rings (SSSR count). The van der Waals surface area contributed by atoms with Crippen LogP contribution in [-0.4, -0.2) is 148 Å². The number of carbonyl (C=O) groups excluding carboxylic acids is 4. The highest BCUT2D eigenvalue weighted by Gasteiger charge is 2.39. The van der Waals surface area contributed by atoms with Gasteiger partial charge in [-0.05, 0) is 119 Å². The minimum atomic E-state index is -5.16. The molecule has 7 N–H and O–H groups in total. The number of aromatic nitrogens is 8. The van der Waals surface area contributed by atoms with Crippen molar-refractivity contribution in [3.05, 3.63) is 300 Å². The van der Waals surface area contributed by atoms with Crippen molar-refractivity contribution in [3.8, 4) is 45.8 Å². The van der Waals surface area contributed by atoms with Crippen molar-refractivity contribution in [3.63, 3.8) is 0 Å². The molecule has 2 aliphatic carbocycles. The van der Waals surface area contributed by atoms with E-state index >= 15 is 9.59 Å². The zero-order valence-corrected chi connectivity index (χ0v) is 76.1. The van der Waals surface area contributed by atoms with Gasteiger partial charge in [0, 0.05) is 69.6 Å². The Hall–Kier alpha value is -14.4. The summed E-state index contributed by atoms with van der Waals surface area (Å²) in [4.78, 5) is 115. The summed E-state index contributed by atoms with van der Waals surface area (Å²) in [5.74, 6) is -8.40. The molecule has 38 nitrogen and oxygen atoms in total. The molecule has 133 heavy (non-hydrogen) atoms. The number of para-hydroxylation sites is 2. The molecular formula is C89H76N12O26S6. The van der Waals surface area contributed by atoms with E-state index in [2.05, 4.69) is 51.2 Å². The monoisotopic (exact) mass is 1920 g/mol. The maximum atomic E-state index is 15.3. The highest BCUT2D eigenvalue weighted by Crippen LogP contribution is 2.49. The zero-order valence-electron chi connectivity index (χ0n) is 71.2. The summed E-state index contributed by atoms with van der Waals surface area (Å²) >= 11 is 0. The first-order valence-electron chi connectivity index (χ1n) is 39.8. The molecule has 0 unspecified atom stereocenters. The van der Waals surface area contributed by atoms with Gasteiger partial charge >= 0.3 is 12.0 Å². The quantitative estimate of drug-likeness (QED) is 0.0125. The van der Waals surface area contributed by atoms with E-state index < -0.39 is 197 Å². The molecule has 0 fully saturated rings. The lowest BCUT2D eigenvalue weighted by Crippen LogP contribution is -2.29. The summed E-state index contributed by atoms with van der Waals surface area (Å²) in [6, 6.07) is 45.7. The molecular weight excluding hydrogens is 1850 g/mol. The van der Waals surface area contributed by atoms with Crippen molar-refractivity contribution in [2.75, 3.05) is 42.6 Å². The first-order chi connectivity index (χ1) is 63.2. The van der Waals surface area contributed by atoms with Gasteiger partial charge in [-0.25, -0.2) is 0 Å². The number of fused-ring (bicyclic) bond motifs is 4. The first kappa shape index (κ1) is 94.7. The van der Waals surface area contributed by atoms with Gasteiger partial charge in [0.25, 0.3) is 71.8 Å². The van der Waals surface area contributed by atoms with Crippen molar-refractivity contribution in [1.29, 1.82) is 0 Å². The molecule has 0 atom stereocenters. The van der Waals surface area contributed by atoms with Crippen molar-refractivity contribution >= 4 is 152 Å². The Morgan fingerprint density at radius 3 is 1.17 bits per heavy atom. The fourth-order valence-corrected chi connectivity index (χ4v) is 19.3. The topological polar surface area (TPSA) is 549 Å². The lowest BCUT2D eigenvalue weighted by molar-refractivity contribution is 0.102. The number of aryl methyl sites for hydroxylation is 2. The summed E-state index contributed by atoms with van der Waals surface area (Å²) in [6.07, 6.45) is -0.641. The number of rotatable bonds is 30. The van der Waals surface area contributed by atoms with Gasteiger partial charge in [-0.2, -0.15) is 80.4 Å². The molecule has 0 radical (unpaired) electrons. The van der Waals surface area contributed by atoms with Gasteiger partial charge in [-0.3, -0.25) is 55.0 Å². The number of benzene rings is 10. The number of anilines is 8. The normalized spacial score (nSPS) is 12.3. The second kappa shape index (κ2) is 37.4. The summed E-state index contributed by atoms with van der Waals surface area (Å²) < 4.78 is 220. The number of hydrogen-bond donors (Lipinski definition) is 7. The van der Waals surface area contributed by atoms with E-state index in [1.807, 2.05) is 27.7 Å². The van der Waals surface area contributed by atoms with E-state index in [0.717, 1.165) is 60.8 Å². The molecule has 684 valence electrons. The molecule has 0 amide bonds. The second-order valence-corrected chi connectivity index (χ2v) is 38.3. The SMILES string of the molecule is CC.CC.COS(=O)(=O)c1cccc(C(=O)c2c3c4c(c(Nc5cc(Nc6nc(Cc7nc(Nc8cc(Nc9ccc%10c%11c9C(=O)c9ccccc9-c%11c(C(=O)c9cccc(CS(=O)(=O)O)c9)c(=O)n%10C)c(CS(=O)(=O)O)cc8S(=O)(=O)OC)nc(Oc8ccccc8)n7)nc(Oc7ccccc7)n6)c(CS(=O)(=O)O)cc5S(=O)(=O)OC)ccc4n(C)c2=O)C(=O)c2ccccc2-3)c1. The van der Waals surface area contributed by atoms with Crippen LogP contribution in [0.3, 0.4) is 0 Å². The Morgan fingerprint density at radius 1 is 0.368 bits per heavy atom. The Balaban J connectivity index is 0.00000351. The summed E-state index contributed by atoms with van der Waals surface area (Å²) in [6.45, 7) is 8.00. The number of carbonyl (C=O) groups is 4. The Kier molecular flexibility index (Phi) is 26.7. The van der Waals surface area contributed by atoms with Crippen molar-refractivity contribution in [2.24, 2.45) is 14.1 Å². The first-order valence-corrected chi connectivity index (χ1v) is 48.8. The van der Waals surface area contributed by atoms with Gasteiger partial charge in [0.05, 0.1) is 88.7 Å². The van der Waals surface area contributed by atoms with Crippen LogP contribution in [0.2, 0.25) is 0 Å². The molecule has 2 aliphatic rings. The third-order valence-electron chi connectivity index (χ3n) is 20.7. The fourth-order valence-electron chi connectivity index (χ4n) is 15.1. The van der Waals surface area contributed by atoms with Gasteiger partial charge in [-0.15, -0.1) is 0 Å². The summed E-state index contributed by atoms with van der Waals surface area (Å²) in [7, 11) is -24.2. The standard InChI is InChI=1S/C85H64N12O26S6.2C2H6/c1-96-62-32-30-56(70-72(62)68(52-26-12-14-28-54(52)78(70)100)74(80(96)102)76(98)45-19-16-18-44(34-45)41-124(104,105)106)86-58-38-61(65(129(117,118)121-5)36-47(58)42-125(107,108)109)89-83-91-67(93-85(95-83)123-50-23-10-7-11-24-50)40-66-90-82(94-84(92-66)122-49-21-8-6-9-22-49)88-59-39-60(64(128(115,116)120-4)37-48(59)43-126(110,111)112)87-57-31-33-63-73-69(53-27-13-15-29-55(53)79(101)71(57)73)75(81(103)97(63)2)77(99)46-20-17-25-51(35-46)127(113,114)119-3;2*1-2/h6-39,86-87H,40-43H2,1-5H3,(H,104,105,106)(H,107,108,109)(H,110,111,112)(H,88,90,92,94)(H,89,91,93,95);2*1-2H3. The number of hydrogen-bond acceptors (Lipinski definition) is 33. The van der Waals surface area contributed by atoms with Crippen LogP contribution in [0.5, 0.6) is 23.5 Å². The van der Waals surface area contributed by atoms with Gasteiger partial charge in [0.2, 0.25) is 11.9 Å². The van der Waals surface area contributed by atoms with Crippen molar-refractivity contribution < 1.29 is 105 Å². The largest absolute Gasteiger partial charge is 0.424 e. The summed E-state index contributed by atoms with van der Waals surface area (Å²) in [5, 5.41) is 11.7. The highest BCUT2D eigenvalue weighted by atomic mass is 32.2. The van der Waals surface area contributed by atoms with Crippen LogP contribution in [0.4, 0.5) is 46.0 Å². The second-order valence-electron chi connectivity index (χ2n) is 28.9. The predicted molar refractivity (Wildman–Crippen MR) is 488 cm³/mol. The van der Waals surface area contributed by atoms with Gasteiger partial charge < -0.3 is 39.9 Å². The molecule has 0 saturated carbocycles. The minimum absolute atomic E-state index is 0.00384. The van der Waals surface area contributed by atoms with Crippen LogP contribution in [0.25, 0.3) is 44.1 Å². The van der Waals surface area contributed by atoms with Gasteiger partial charge in [0.1, 0.15) is 50.2 Å². The minimum Gasteiger partial charge on any atom is -0.424 e. The average Bonchev–Trinajstić information content (AvgIpc) is 0.708. The predicted octanol–water partition coefficient (Wildman–Crippen LogP) is 13.0. The Morgan fingerprint density at radius 2 is 0.744 bits per heavy atom. The molecule has 44 heteroatoms. The van der Waals surface area contributed by atoms with E-state index in [1.165, 1.54) is 141 Å². The maximum Gasteiger partial charge on any atom is 0.327 e. The van der Waals surface area contributed by atoms with Crippen molar-refractivity contribution in [2.45, 2.75) is 66.1 Å². The highest BCUT2D eigenvalue weighted by molar-refractivity contribution is 7.87. The number of nitrogens with zero attached hydrogens (tertiary/aromatic N) is 8. The van der Waals surface area contributed by atoms with Crippen LogP contribution in [0.15, 0.2) is 231 Å². The van der Waals surface area contributed by atoms with Crippen LogP contribution in [0, 0.1) is 0 Å². The molecule has 0 spiro atoms. The molecule has 10 aromatic carbocycles. The third kappa shape index (κ3) is 19.5. The number of ether oxygens (including phenoxy) is 2. The van der Waals surface area contributed by atoms with Crippen LogP contribution in [-0.2, 0) is 111 Å². The van der Waals surface area contributed by atoms with Gasteiger partial charge in [0.15, 0.2) is 23.1 Å². The zero-order chi connectivity index (χ0) is 95.9. The van der Waals surface area contributed by atoms with E-state index in [4.69, 9.17) is 22.0 Å². The summed E-state index contributed by atoms with van der Waals surface area (Å²) in [5.41, 5.74) is -6.52. The van der Waals surface area contributed by atoms with Crippen LogP contribution in [0.1, 0.15) is 120 Å². The molecule has 4 heterocycles.